The van der Waals surface area contributed by atoms with Crippen LogP contribution >= 0.6 is 23.1 Å². The molecule has 1 amide bonds. The molecule has 0 saturated heterocycles. The fraction of sp³-hybridized carbons (Fsp3) is 0.143. The molecule has 1 N–H and O–H groups in total. The Bertz CT molecular complexity index is 1150. The van der Waals surface area contributed by atoms with Crippen molar-refractivity contribution < 1.29 is 4.79 Å². The maximum atomic E-state index is 12.5. The summed E-state index contributed by atoms with van der Waals surface area (Å²) in [7, 11) is 0. The number of amides is 1. The first-order valence-corrected chi connectivity index (χ1v) is 10.9. The Labute approximate surface area is 182 Å². The van der Waals surface area contributed by atoms with Crippen LogP contribution in [0.15, 0.2) is 65.8 Å². The molecule has 1 unspecified atom stereocenters. The maximum Gasteiger partial charge on any atom is 0.239 e. The Morgan fingerprint density at radius 3 is 2.13 bits per heavy atom. The van der Waals surface area contributed by atoms with E-state index in [0.29, 0.717) is 16.0 Å². The van der Waals surface area contributed by atoms with Gasteiger partial charge in [-0.1, -0.05) is 83.8 Å². The summed E-state index contributed by atoms with van der Waals surface area (Å²) in [5.41, 5.74) is 3.30. The lowest BCUT2D eigenvalue weighted by atomic mass is 10.0. The zero-order valence-corrected chi connectivity index (χ0v) is 17.9. The van der Waals surface area contributed by atoms with Crippen LogP contribution in [0.2, 0.25) is 0 Å². The number of hydrogen-bond acceptors (Lipinski definition) is 8. The van der Waals surface area contributed by atoms with Crippen molar-refractivity contribution in [3.63, 3.8) is 0 Å². The van der Waals surface area contributed by atoms with E-state index in [9.17, 15) is 4.79 Å². The lowest BCUT2D eigenvalue weighted by molar-refractivity contribution is -0.115. The molecule has 0 saturated carbocycles. The number of thioether (sulfide) groups is 1. The van der Waals surface area contributed by atoms with Gasteiger partial charge in [-0.2, -0.15) is 0 Å². The van der Waals surface area contributed by atoms with Crippen LogP contribution < -0.4 is 5.32 Å². The van der Waals surface area contributed by atoms with Gasteiger partial charge in [0.05, 0.1) is 5.25 Å². The van der Waals surface area contributed by atoms with Crippen LogP contribution in [0.4, 0.5) is 5.13 Å². The van der Waals surface area contributed by atoms with Crippen LogP contribution in [0.25, 0.3) is 22.5 Å². The maximum absolute atomic E-state index is 12.5. The average Bonchev–Trinajstić information content (AvgIpc) is 3.19. The van der Waals surface area contributed by atoms with E-state index in [1.54, 1.807) is 6.92 Å². The Morgan fingerprint density at radius 2 is 1.53 bits per heavy atom. The molecule has 0 radical (unpaired) electrons. The second kappa shape index (κ2) is 9.10. The van der Waals surface area contributed by atoms with Crippen molar-refractivity contribution in [1.82, 2.24) is 25.4 Å². The predicted octanol–water partition coefficient (Wildman–Crippen LogP) is 4.48. The zero-order chi connectivity index (χ0) is 20.9. The molecule has 0 bridgehead atoms. The molecule has 0 aliphatic carbocycles. The summed E-state index contributed by atoms with van der Waals surface area (Å²) in [4.78, 5) is 17.2. The fourth-order valence-corrected chi connectivity index (χ4v) is 4.02. The molecule has 7 nitrogen and oxygen atoms in total. The van der Waals surface area contributed by atoms with Crippen molar-refractivity contribution in [2.24, 2.45) is 0 Å². The van der Waals surface area contributed by atoms with Crippen LogP contribution in [0.1, 0.15) is 11.9 Å². The highest BCUT2D eigenvalue weighted by atomic mass is 32.2. The summed E-state index contributed by atoms with van der Waals surface area (Å²) in [5, 5.41) is 20.6. The molecule has 30 heavy (non-hydrogen) atoms. The van der Waals surface area contributed by atoms with E-state index in [2.05, 4.69) is 25.7 Å². The number of anilines is 1. The third kappa shape index (κ3) is 4.69. The van der Waals surface area contributed by atoms with Crippen molar-refractivity contribution in [2.45, 2.75) is 24.3 Å². The van der Waals surface area contributed by atoms with Crippen molar-refractivity contribution in [2.75, 3.05) is 5.32 Å². The summed E-state index contributed by atoms with van der Waals surface area (Å²) in [6, 6.07) is 19.7. The zero-order valence-electron chi connectivity index (χ0n) is 16.3. The number of nitrogens with one attached hydrogen (secondary N) is 1. The molecule has 0 spiro atoms. The van der Waals surface area contributed by atoms with Gasteiger partial charge in [-0.15, -0.1) is 20.4 Å². The average molecular weight is 435 g/mol. The number of aromatic nitrogens is 5. The largest absolute Gasteiger partial charge is 0.300 e. The number of benzene rings is 2. The monoisotopic (exact) mass is 434 g/mol. The van der Waals surface area contributed by atoms with Crippen LogP contribution in [0, 0.1) is 6.92 Å². The molecule has 2 aromatic heterocycles. The molecule has 2 aromatic carbocycles. The van der Waals surface area contributed by atoms with E-state index in [-0.39, 0.29) is 5.91 Å². The topological polar surface area (TPSA) is 93.6 Å². The van der Waals surface area contributed by atoms with Gasteiger partial charge in [0.2, 0.25) is 16.2 Å². The standard InChI is InChI=1S/C21H18N6OS2/c1-13(19(28)23-21-26-24-14(2)30-21)29-20-22-17(15-9-5-3-6-10-15)18(25-27-20)16-11-7-4-8-12-16/h3-13H,1-2H3,(H,23,26,28). The molecular weight excluding hydrogens is 416 g/mol. The van der Waals surface area contributed by atoms with Crippen molar-refractivity contribution in [3.8, 4) is 22.5 Å². The summed E-state index contributed by atoms with van der Waals surface area (Å²) in [6.45, 7) is 3.63. The predicted molar refractivity (Wildman–Crippen MR) is 119 cm³/mol. The summed E-state index contributed by atoms with van der Waals surface area (Å²) in [5.74, 6) is -0.187. The summed E-state index contributed by atoms with van der Waals surface area (Å²) in [6.07, 6.45) is 0. The van der Waals surface area contributed by atoms with Gasteiger partial charge in [-0.3, -0.25) is 10.1 Å². The number of hydrogen-bond donors (Lipinski definition) is 1. The van der Waals surface area contributed by atoms with Gasteiger partial charge in [0, 0.05) is 11.1 Å². The van der Waals surface area contributed by atoms with Crippen molar-refractivity contribution >= 4 is 34.1 Å². The highest BCUT2D eigenvalue weighted by molar-refractivity contribution is 8.00. The summed E-state index contributed by atoms with van der Waals surface area (Å²) < 4.78 is 0. The number of nitrogens with zero attached hydrogens (tertiary/aromatic N) is 5. The van der Waals surface area contributed by atoms with Crippen molar-refractivity contribution in [1.29, 1.82) is 0 Å². The Kier molecular flexibility index (Phi) is 6.10. The van der Waals surface area contributed by atoms with Crippen LogP contribution in [-0.4, -0.2) is 36.5 Å². The van der Waals surface area contributed by atoms with E-state index >= 15 is 0 Å². The number of carbonyl (C=O) groups is 1. The SMILES string of the molecule is Cc1nnc(NC(=O)C(C)Sc2nnc(-c3ccccc3)c(-c3ccccc3)n2)s1. The van der Waals surface area contributed by atoms with E-state index < -0.39 is 5.25 Å². The van der Waals surface area contributed by atoms with Crippen LogP contribution in [-0.2, 0) is 4.79 Å². The van der Waals surface area contributed by atoms with Crippen LogP contribution in [0.3, 0.4) is 0 Å². The highest BCUT2D eigenvalue weighted by Gasteiger charge is 2.20. The van der Waals surface area contributed by atoms with Gasteiger partial charge < -0.3 is 0 Å². The third-order valence-electron chi connectivity index (χ3n) is 4.17. The second-order valence-electron chi connectivity index (χ2n) is 6.40. The first-order chi connectivity index (χ1) is 14.6. The highest BCUT2D eigenvalue weighted by Crippen LogP contribution is 2.30. The molecule has 0 aliphatic heterocycles. The first kappa shape index (κ1) is 20.1. The minimum absolute atomic E-state index is 0.187. The lowest BCUT2D eigenvalue weighted by Crippen LogP contribution is -2.22. The first-order valence-electron chi connectivity index (χ1n) is 9.23. The van der Waals surface area contributed by atoms with Crippen LogP contribution in [0.5, 0.6) is 0 Å². The molecule has 9 heteroatoms. The van der Waals surface area contributed by atoms with Gasteiger partial charge in [-0.05, 0) is 13.8 Å². The minimum atomic E-state index is -0.429. The Hall–Kier alpha value is -3.17. The number of carbonyl (C=O) groups excluding carboxylic acids is 1. The van der Waals surface area contributed by atoms with Gasteiger partial charge in [-0.25, -0.2) is 4.98 Å². The second-order valence-corrected chi connectivity index (χ2v) is 8.89. The van der Waals surface area contributed by atoms with E-state index in [0.717, 1.165) is 21.8 Å². The Morgan fingerprint density at radius 1 is 0.900 bits per heavy atom. The van der Waals surface area contributed by atoms with E-state index in [4.69, 9.17) is 4.98 Å². The third-order valence-corrected chi connectivity index (χ3v) is 5.87. The molecule has 0 fully saturated rings. The van der Waals surface area contributed by atoms with Crippen molar-refractivity contribution in [3.05, 3.63) is 65.7 Å². The van der Waals surface area contributed by atoms with Gasteiger partial charge >= 0.3 is 0 Å². The lowest BCUT2D eigenvalue weighted by Gasteiger charge is -2.12. The fourth-order valence-electron chi connectivity index (χ4n) is 2.71. The molecule has 1 atom stereocenters. The normalized spacial score (nSPS) is 11.8. The molecular formula is C21H18N6OS2. The Balaban J connectivity index is 1.60. The van der Waals surface area contributed by atoms with E-state index in [1.165, 1.54) is 23.1 Å². The molecule has 0 aliphatic rings. The molecule has 4 rings (SSSR count). The number of rotatable bonds is 6. The van der Waals surface area contributed by atoms with Gasteiger partial charge in [0.25, 0.3) is 0 Å². The van der Waals surface area contributed by atoms with Gasteiger partial charge in [0.1, 0.15) is 16.4 Å². The van der Waals surface area contributed by atoms with E-state index in [1.807, 2.05) is 67.6 Å². The smallest absolute Gasteiger partial charge is 0.239 e. The minimum Gasteiger partial charge on any atom is -0.300 e. The molecule has 2 heterocycles. The summed E-state index contributed by atoms with van der Waals surface area (Å²) >= 11 is 2.58. The molecule has 150 valence electrons. The van der Waals surface area contributed by atoms with Gasteiger partial charge in [0.15, 0.2) is 0 Å². The molecule has 4 aromatic rings. The quantitative estimate of drug-likeness (QED) is 0.447. The number of aryl methyl sites for hydroxylation is 1.